The minimum atomic E-state index is 0.207. The van der Waals surface area contributed by atoms with Crippen molar-refractivity contribution in [3.05, 3.63) is 33.4 Å². The predicted molar refractivity (Wildman–Crippen MR) is 99.7 cm³/mol. The number of aromatic nitrogens is 1. The number of pyridine rings is 1. The molecule has 0 fully saturated rings. The molecule has 2 atom stereocenters. The Hall–Kier alpha value is -1.13. The number of fused-ring (bicyclic) bond motifs is 1. The Morgan fingerprint density at radius 2 is 2.09 bits per heavy atom. The van der Waals surface area contributed by atoms with Crippen molar-refractivity contribution in [1.82, 2.24) is 4.98 Å². The van der Waals surface area contributed by atoms with Crippen molar-refractivity contribution in [3.63, 3.8) is 0 Å². The van der Waals surface area contributed by atoms with Gasteiger partial charge in [0.1, 0.15) is 4.83 Å². The fourth-order valence-corrected chi connectivity index (χ4v) is 3.77. The van der Waals surface area contributed by atoms with Crippen LogP contribution in [0.1, 0.15) is 70.8 Å². The van der Waals surface area contributed by atoms with Crippen molar-refractivity contribution in [3.8, 4) is 0 Å². The highest BCUT2D eigenvalue weighted by molar-refractivity contribution is 7.16. The summed E-state index contributed by atoms with van der Waals surface area (Å²) < 4.78 is 5.81. The predicted octanol–water partition coefficient (Wildman–Crippen LogP) is 5.46. The highest BCUT2D eigenvalue weighted by Gasteiger charge is 2.16. The SMILES string of the molecule is CCCCOC(C)CCCC(CC)c1c[nH]c2sccc2c1=O. The van der Waals surface area contributed by atoms with E-state index in [-0.39, 0.29) is 5.43 Å². The van der Waals surface area contributed by atoms with Crippen LogP contribution in [0.25, 0.3) is 10.2 Å². The molecule has 0 saturated heterocycles. The molecule has 0 radical (unpaired) electrons. The summed E-state index contributed by atoms with van der Waals surface area (Å²) in [6, 6.07) is 1.93. The fraction of sp³-hybridized carbons (Fsp3) is 0.632. The summed E-state index contributed by atoms with van der Waals surface area (Å²) in [5.74, 6) is 0.339. The fourth-order valence-electron chi connectivity index (χ4n) is 3.01. The Morgan fingerprint density at radius 3 is 2.83 bits per heavy atom. The average Bonchev–Trinajstić information content (AvgIpc) is 3.02. The summed E-state index contributed by atoms with van der Waals surface area (Å²) in [5, 5.41) is 2.81. The Balaban J connectivity index is 1.91. The molecule has 2 heterocycles. The lowest BCUT2D eigenvalue weighted by atomic mass is 9.91. The van der Waals surface area contributed by atoms with Gasteiger partial charge >= 0.3 is 0 Å². The molecule has 3 nitrogen and oxygen atoms in total. The third kappa shape index (κ3) is 4.92. The highest BCUT2D eigenvalue weighted by atomic mass is 32.1. The molecule has 0 amide bonds. The Kier molecular flexibility index (Phi) is 7.31. The molecule has 0 aromatic carbocycles. The molecule has 0 bridgehead atoms. The first-order valence-corrected chi connectivity index (χ1v) is 9.75. The molecule has 2 unspecified atom stereocenters. The standard InChI is InChI=1S/C19H29NO2S/c1-4-6-11-22-14(3)8-7-9-15(5-2)17-13-20-19-16(18(17)21)10-12-23-19/h10,12-15H,4-9,11H2,1-3H3,(H,20,21). The second-order valence-electron chi connectivity index (χ2n) is 6.31. The maximum Gasteiger partial charge on any atom is 0.193 e. The first-order chi connectivity index (χ1) is 11.2. The van der Waals surface area contributed by atoms with Crippen LogP contribution in [0.15, 0.2) is 22.4 Å². The third-order valence-electron chi connectivity index (χ3n) is 4.53. The summed E-state index contributed by atoms with van der Waals surface area (Å²) in [7, 11) is 0. The number of unbranched alkanes of at least 4 members (excludes halogenated alkanes) is 1. The summed E-state index contributed by atoms with van der Waals surface area (Å²) in [5.41, 5.74) is 1.15. The Labute approximate surface area is 143 Å². The maximum atomic E-state index is 12.6. The zero-order chi connectivity index (χ0) is 16.7. The molecular formula is C19H29NO2S. The van der Waals surface area contributed by atoms with Crippen LogP contribution in [-0.4, -0.2) is 17.7 Å². The quantitative estimate of drug-likeness (QED) is 0.586. The van der Waals surface area contributed by atoms with Crippen LogP contribution in [0.3, 0.4) is 0 Å². The van der Waals surface area contributed by atoms with E-state index in [0.29, 0.717) is 12.0 Å². The summed E-state index contributed by atoms with van der Waals surface area (Å²) in [6.45, 7) is 7.37. The Morgan fingerprint density at radius 1 is 1.26 bits per heavy atom. The molecule has 0 spiro atoms. The van der Waals surface area contributed by atoms with Crippen LogP contribution in [0.4, 0.5) is 0 Å². The zero-order valence-electron chi connectivity index (χ0n) is 14.6. The summed E-state index contributed by atoms with van der Waals surface area (Å²) >= 11 is 1.59. The van der Waals surface area contributed by atoms with Gasteiger partial charge in [-0.2, -0.15) is 0 Å². The molecule has 2 aromatic rings. The minimum Gasteiger partial charge on any atom is -0.379 e. The highest BCUT2D eigenvalue weighted by Crippen LogP contribution is 2.25. The van der Waals surface area contributed by atoms with Gasteiger partial charge in [0.05, 0.1) is 11.5 Å². The average molecular weight is 336 g/mol. The minimum absolute atomic E-state index is 0.207. The number of hydrogen-bond donors (Lipinski definition) is 1. The van der Waals surface area contributed by atoms with Gasteiger partial charge < -0.3 is 9.72 Å². The second kappa shape index (κ2) is 9.24. The van der Waals surface area contributed by atoms with E-state index in [1.807, 2.05) is 17.6 Å². The van der Waals surface area contributed by atoms with E-state index in [1.54, 1.807) is 11.3 Å². The number of H-pyrrole nitrogens is 1. The lowest BCUT2D eigenvalue weighted by Crippen LogP contribution is -2.15. The van der Waals surface area contributed by atoms with E-state index in [4.69, 9.17) is 4.74 Å². The van der Waals surface area contributed by atoms with Gasteiger partial charge in [-0.3, -0.25) is 4.79 Å². The normalized spacial score (nSPS) is 14.2. The van der Waals surface area contributed by atoms with Crippen LogP contribution in [0.5, 0.6) is 0 Å². The molecule has 23 heavy (non-hydrogen) atoms. The van der Waals surface area contributed by atoms with Gasteiger partial charge in [-0.15, -0.1) is 11.3 Å². The van der Waals surface area contributed by atoms with Gasteiger partial charge in [0, 0.05) is 18.4 Å². The van der Waals surface area contributed by atoms with Crippen molar-refractivity contribution in [2.75, 3.05) is 6.61 Å². The number of hydrogen-bond acceptors (Lipinski definition) is 3. The van der Waals surface area contributed by atoms with Crippen molar-refractivity contribution in [2.24, 2.45) is 0 Å². The summed E-state index contributed by atoms with van der Waals surface area (Å²) in [4.78, 5) is 16.9. The zero-order valence-corrected chi connectivity index (χ0v) is 15.4. The van der Waals surface area contributed by atoms with Gasteiger partial charge in [0.25, 0.3) is 0 Å². The van der Waals surface area contributed by atoms with E-state index in [9.17, 15) is 4.79 Å². The van der Waals surface area contributed by atoms with Crippen molar-refractivity contribution >= 4 is 21.6 Å². The first kappa shape index (κ1) is 18.2. The first-order valence-electron chi connectivity index (χ1n) is 8.87. The molecule has 0 aliphatic carbocycles. The lowest BCUT2D eigenvalue weighted by molar-refractivity contribution is 0.0563. The second-order valence-corrected chi connectivity index (χ2v) is 7.22. The van der Waals surface area contributed by atoms with Crippen LogP contribution in [0.2, 0.25) is 0 Å². The number of ether oxygens (including phenoxy) is 1. The van der Waals surface area contributed by atoms with Crippen molar-refractivity contribution in [2.45, 2.75) is 71.3 Å². The van der Waals surface area contributed by atoms with Gasteiger partial charge in [-0.05, 0) is 50.0 Å². The van der Waals surface area contributed by atoms with Crippen molar-refractivity contribution in [1.29, 1.82) is 0 Å². The van der Waals surface area contributed by atoms with E-state index < -0.39 is 0 Å². The smallest absolute Gasteiger partial charge is 0.193 e. The molecule has 128 valence electrons. The molecule has 0 saturated carbocycles. The van der Waals surface area contributed by atoms with Crippen LogP contribution in [0, 0.1) is 0 Å². The Bertz CT molecular complexity index is 646. The number of aromatic amines is 1. The van der Waals surface area contributed by atoms with Crippen molar-refractivity contribution < 1.29 is 4.74 Å². The lowest BCUT2D eigenvalue weighted by Gasteiger charge is -2.17. The van der Waals surface area contributed by atoms with Gasteiger partial charge in [0.15, 0.2) is 5.43 Å². The van der Waals surface area contributed by atoms with E-state index in [1.165, 1.54) is 6.42 Å². The molecule has 0 aliphatic rings. The van der Waals surface area contributed by atoms with Crippen LogP contribution >= 0.6 is 11.3 Å². The number of rotatable bonds is 10. The molecule has 0 aliphatic heterocycles. The topological polar surface area (TPSA) is 42.1 Å². The van der Waals surface area contributed by atoms with Gasteiger partial charge in [0.2, 0.25) is 0 Å². The molecule has 1 N–H and O–H groups in total. The molecule has 4 heteroatoms. The van der Waals surface area contributed by atoms with Crippen LogP contribution < -0.4 is 5.43 Å². The number of thiophene rings is 1. The molecule has 2 rings (SSSR count). The van der Waals surface area contributed by atoms with Gasteiger partial charge in [-0.1, -0.05) is 26.7 Å². The van der Waals surface area contributed by atoms with Gasteiger partial charge in [-0.25, -0.2) is 0 Å². The maximum absolute atomic E-state index is 12.6. The van der Waals surface area contributed by atoms with E-state index in [2.05, 4.69) is 25.8 Å². The van der Waals surface area contributed by atoms with Crippen LogP contribution in [-0.2, 0) is 4.74 Å². The van der Waals surface area contributed by atoms with E-state index >= 15 is 0 Å². The molecule has 2 aromatic heterocycles. The number of nitrogens with one attached hydrogen (secondary N) is 1. The third-order valence-corrected chi connectivity index (χ3v) is 5.37. The van der Waals surface area contributed by atoms with E-state index in [0.717, 1.165) is 54.5 Å². The largest absolute Gasteiger partial charge is 0.379 e. The molecular weight excluding hydrogens is 306 g/mol. The monoisotopic (exact) mass is 335 g/mol. The summed E-state index contributed by atoms with van der Waals surface area (Å²) in [6.07, 6.45) is 8.79.